The molecule has 9 nitrogen and oxygen atoms in total. The molecule has 0 unspecified atom stereocenters. The topological polar surface area (TPSA) is 149 Å². The van der Waals surface area contributed by atoms with Crippen LogP contribution in [0.25, 0.3) is 11.1 Å². The number of amides is 1. The zero-order chi connectivity index (χ0) is 26.3. The second-order valence-electron chi connectivity index (χ2n) is 8.07. The molecular formula is C26H27N5O4S. The molecule has 1 atom stereocenters. The maximum atomic E-state index is 13.4. The van der Waals surface area contributed by atoms with Crippen molar-refractivity contribution in [2.75, 3.05) is 23.9 Å². The summed E-state index contributed by atoms with van der Waals surface area (Å²) in [4.78, 5) is 13.4. The third kappa shape index (κ3) is 6.00. The summed E-state index contributed by atoms with van der Waals surface area (Å²) in [7, 11) is -3.80. The number of nitrogens with two attached hydrogens (primary N) is 1. The monoisotopic (exact) mass is 505 g/mol. The van der Waals surface area contributed by atoms with Crippen LogP contribution in [-0.2, 0) is 21.2 Å². The lowest BCUT2D eigenvalue weighted by Gasteiger charge is -2.26. The van der Waals surface area contributed by atoms with E-state index >= 15 is 0 Å². The molecule has 186 valence electrons. The van der Waals surface area contributed by atoms with E-state index in [-0.39, 0.29) is 13.0 Å². The summed E-state index contributed by atoms with van der Waals surface area (Å²) in [5.41, 5.74) is 10.1. The normalized spacial score (nSPS) is 12.1. The summed E-state index contributed by atoms with van der Waals surface area (Å²) >= 11 is 0. The molecular weight excluding hydrogens is 478 g/mol. The number of likely N-dealkylation sites (N-methyl/N-ethyl adjacent to an activating group) is 1. The molecule has 0 bridgehead atoms. The van der Waals surface area contributed by atoms with E-state index in [1.54, 1.807) is 49.4 Å². The number of sulfonamides is 1. The Balaban J connectivity index is 1.98. The number of hydrogen-bond acceptors (Lipinski definition) is 8. The standard InChI is InChI=1S/C26H27N5O4S/c1-3-31(36(2,34)35)26(32)25(15-19-8-6-10-24(28)23(19)17-29-33)30-21-13-11-18(12-14-21)22-9-5-4-7-20(22)16-27/h4-14,17,25,30,33H,3,15,28H2,1-2H3/t25-/m0/s1. The molecule has 0 aliphatic carbocycles. The molecule has 3 aromatic carbocycles. The van der Waals surface area contributed by atoms with Gasteiger partial charge >= 0.3 is 0 Å². The van der Waals surface area contributed by atoms with Gasteiger partial charge in [0.2, 0.25) is 10.0 Å². The Labute approximate surface area is 210 Å². The first-order valence-electron chi connectivity index (χ1n) is 11.1. The van der Waals surface area contributed by atoms with Gasteiger partial charge in [0.25, 0.3) is 5.91 Å². The molecule has 0 aliphatic heterocycles. The molecule has 3 rings (SSSR count). The predicted molar refractivity (Wildman–Crippen MR) is 140 cm³/mol. The molecule has 0 heterocycles. The number of nitrogens with zero attached hydrogens (tertiary/aromatic N) is 3. The third-order valence-corrected chi connectivity index (χ3v) is 6.90. The van der Waals surface area contributed by atoms with Crippen molar-refractivity contribution < 1.29 is 18.4 Å². The van der Waals surface area contributed by atoms with Crippen LogP contribution >= 0.6 is 0 Å². The van der Waals surface area contributed by atoms with Crippen molar-refractivity contribution in [2.24, 2.45) is 5.16 Å². The van der Waals surface area contributed by atoms with E-state index in [9.17, 15) is 18.5 Å². The van der Waals surface area contributed by atoms with Crippen molar-refractivity contribution >= 4 is 33.5 Å². The van der Waals surface area contributed by atoms with E-state index in [0.717, 1.165) is 21.7 Å². The van der Waals surface area contributed by atoms with Gasteiger partial charge in [-0.25, -0.2) is 12.7 Å². The first-order chi connectivity index (χ1) is 17.2. The second kappa shape index (κ2) is 11.4. The fourth-order valence-electron chi connectivity index (χ4n) is 3.95. The number of anilines is 2. The highest BCUT2D eigenvalue weighted by Gasteiger charge is 2.30. The van der Waals surface area contributed by atoms with Gasteiger partial charge in [-0.1, -0.05) is 47.6 Å². The van der Waals surface area contributed by atoms with Crippen LogP contribution in [0.3, 0.4) is 0 Å². The van der Waals surface area contributed by atoms with Gasteiger partial charge in [-0.2, -0.15) is 5.26 Å². The van der Waals surface area contributed by atoms with Crippen LogP contribution in [0.5, 0.6) is 0 Å². The van der Waals surface area contributed by atoms with Crippen LogP contribution in [-0.4, -0.2) is 48.9 Å². The Morgan fingerprint density at radius 1 is 1.17 bits per heavy atom. The average molecular weight is 506 g/mol. The smallest absolute Gasteiger partial charge is 0.258 e. The summed E-state index contributed by atoms with van der Waals surface area (Å²) < 4.78 is 25.4. The summed E-state index contributed by atoms with van der Waals surface area (Å²) in [5, 5.41) is 24.7. The first-order valence-corrected chi connectivity index (χ1v) is 13.0. The fraction of sp³-hybridized carbons (Fsp3) is 0.192. The lowest BCUT2D eigenvalue weighted by molar-refractivity contribution is -0.127. The van der Waals surface area contributed by atoms with E-state index in [1.807, 2.05) is 24.3 Å². The van der Waals surface area contributed by atoms with Crippen LogP contribution in [0, 0.1) is 11.3 Å². The minimum Gasteiger partial charge on any atom is -0.411 e. The van der Waals surface area contributed by atoms with Gasteiger partial charge < -0.3 is 16.3 Å². The van der Waals surface area contributed by atoms with Crippen LogP contribution < -0.4 is 11.1 Å². The van der Waals surface area contributed by atoms with Gasteiger partial charge in [0.15, 0.2) is 0 Å². The number of nitriles is 1. The van der Waals surface area contributed by atoms with Gasteiger partial charge in [-0.15, -0.1) is 0 Å². The van der Waals surface area contributed by atoms with E-state index < -0.39 is 22.0 Å². The van der Waals surface area contributed by atoms with Crippen LogP contribution in [0.4, 0.5) is 11.4 Å². The first kappa shape index (κ1) is 26.2. The largest absolute Gasteiger partial charge is 0.411 e. The number of hydrogen-bond donors (Lipinski definition) is 3. The highest BCUT2D eigenvalue weighted by molar-refractivity contribution is 7.88. The molecule has 4 N–H and O–H groups in total. The predicted octanol–water partition coefficient (Wildman–Crippen LogP) is 3.45. The molecule has 0 radical (unpaired) electrons. The third-order valence-electron chi connectivity index (χ3n) is 5.66. The number of rotatable bonds is 9. The Morgan fingerprint density at radius 2 is 1.86 bits per heavy atom. The van der Waals surface area contributed by atoms with Gasteiger partial charge in [0, 0.05) is 29.9 Å². The van der Waals surface area contributed by atoms with Crippen molar-refractivity contribution in [3.63, 3.8) is 0 Å². The number of carbonyl (C=O) groups is 1. The molecule has 0 aromatic heterocycles. The summed E-state index contributed by atoms with van der Waals surface area (Å²) in [5.74, 6) is -0.631. The minimum atomic E-state index is -3.80. The summed E-state index contributed by atoms with van der Waals surface area (Å²) in [6, 6.07) is 20.7. The van der Waals surface area contributed by atoms with Crippen molar-refractivity contribution in [3.05, 3.63) is 83.4 Å². The lowest BCUT2D eigenvalue weighted by Crippen LogP contribution is -2.46. The van der Waals surface area contributed by atoms with E-state index in [1.165, 1.54) is 6.21 Å². The molecule has 0 spiro atoms. The van der Waals surface area contributed by atoms with E-state index in [0.29, 0.717) is 28.1 Å². The van der Waals surface area contributed by atoms with Crippen molar-refractivity contribution in [2.45, 2.75) is 19.4 Å². The van der Waals surface area contributed by atoms with Crippen LogP contribution in [0.15, 0.2) is 71.9 Å². The quantitative estimate of drug-likeness (QED) is 0.174. The average Bonchev–Trinajstić information content (AvgIpc) is 2.85. The van der Waals surface area contributed by atoms with Gasteiger partial charge in [0.05, 0.1) is 24.1 Å². The van der Waals surface area contributed by atoms with Gasteiger partial charge in [-0.3, -0.25) is 4.79 Å². The number of benzene rings is 3. The highest BCUT2D eigenvalue weighted by atomic mass is 32.2. The maximum Gasteiger partial charge on any atom is 0.258 e. The van der Waals surface area contributed by atoms with Crippen molar-refractivity contribution in [3.8, 4) is 17.2 Å². The zero-order valence-corrected chi connectivity index (χ0v) is 20.7. The summed E-state index contributed by atoms with van der Waals surface area (Å²) in [6.45, 7) is 1.56. The molecule has 0 saturated carbocycles. The lowest BCUT2D eigenvalue weighted by atomic mass is 9.98. The molecule has 0 saturated heterocycles. The maximum absolute atomic E-state index is 13.4. The Kier molecular flexibility index (Phi) is 8.30. The molecule has 0 aliphatic rings. The molecule has 10 heteroatoms. The highest BCUT2D eigenvalue weighted by Crippen LogP contribution is 2.26. The molecule has 1 amide bonds. The zero-order valence-electron chi connectivity index (χ0n) is 19.9. The second-order valence-corrected chi connectivity index (χ2v) is 9.97. The number of carbonyl (C=O) groups excluding carboxylic acids is 1. The molecule has 0 fully saturated rings. The Morgan fingerprint density at radius 3 is 2.47 bits per heavy atom. The van der Waals surface area contributed by atoms with E-state index in [4.69, 9.17) is 10.9 Å². The number of oxime groups is 1. The molecule has 3 aromatic rings. The van der Waals surface area contributed by atoms with Gasteiger partial charge in [-0.05, 0) is 47.9 Å². The van der Waals surface area contributed by atoms with Crippen molar-refractivity contribution in [1.29, 1.82) is 5.26 Å². The van der Waals surface area contributed by atoms with Gasteiger partial charge in [0.1, 0.15) is 6.04 Å². The van der Waals surface area contributed by atoms with E-state index in [2.05, 4.69) is 16.5 Å². The van der Waals surface area contributed by atoms with Crippen molar-refractivity contribution in [1.82, 2.24) is 4.31 Å². The molecule has 36 heavy (non-hydrogen) atoms. The van der Waals surface area contributed by atoms with Crippen LogP contribution in [0.2, 0.25) is 0 Å². The summed E-state index contributed by atoms with van der Waals surface area (Å²) in [6.07, 6.45) is 2.25. The number of nitrogen functional groups attached to an aromatic ring is 1. The Bertz CT molecular complexity index is 1410. The van der Waals surface area contributed by atoms with Crippen LogP contribution in [0.1, 0.15) is 23.6 Å². The fourth-order valence-corrected chi connectivity index (χ4v) is 4.88. The minimum absolute atomic E-state index is 0.0262. The number of nitrogens with one attached hydrogen (secondary N) is 1. The Hall–Kier alpha value is -4.36. The SMILES string of the molecule is CCN(C(=O)[C@H](Cc1cccc(N)c1C=NO)Nc1ccc(-c2ccccc2C#N)cc1)S(C)(=O)=O.